The van der Waals surface area contributed by atoms with Crippen LogP contribution in [0.2, 0.25) is 0 Å². The molecule has 2 unspecified atom stereocenters. The second-order valence-electron chi connectivity index (χ2n) is 5.22. The molecule has 7 heteroatoms. The maximum absolute atomic E-state index is 14.0. The van der Waals surface area contributed by atoms with E-state index < -0.39 is 44.1 Å². The zero-order valence-corrected chi connectivity index (χ0v) is 12.5. The third-order valence-corrected chi connectivity index (χ3v) is 6.07. The SMILES string of the molecule is CCNC(c1c(F)cc(F)cc1F)C1CCCCS1(=O)=O. The Morgan fingerprint density at radius 3 is 2.38 bits per heavy atom. The molecular weight excluding hydrogens is 303 g/mol. The molecule has 0 amide bonds. The molecule has 2 atom stereocenters. The number of sulfone groups is 1. The summed E-state index contributed by atoms with van der Waals surface area (Å²) in [6.45, 7) is 2.08. The van der Waals surface area contributed by atoms with Gasteiger partial charge in [0.1, 0.15) is 17.5 Å². The molecular formula is C14H18F3NO2S. The highest BCUT2D eigenvalue weighted by molar-refractivity contribution is 7.92. The van der Waals surface area contributed by atoms with Gasteiger partial charge in [0.05, 0.1) is 17.0 Å². The van der Waals surface area contributed by atoms with Gasteiger partial charge in [0.25, 0.3) is 0 Å². The van der Waals surface area contributed by atoms with Crippen molar-refractivity contribution in [3.8, 4) is 0 Å². The number of halogens is 3. The predicted molar refractivity (Wildman–Crippen MR) is 74.2 cm³/mol. The van der Waals surface area contributed by atoms with Crippen LogP contribution in [0.25, 0.3) is 0 Å². The minimum absolute atomic E-state index is 0.0179. The van der Waals surface area contributed by atoms with E-state index in [0.29, 0.717) is 37.9 Å². The Labute approximate surface area is 122 Å². The largest absolute Gasteiger partial charge is 0.309 e. The van der Waals surface area contributed by atoms with E-state index in [1.807, 2.05) is 0 Å². The second-order valence-corrected chi connectivity index (χ2v) is 7.56. The summed E-state index contributed by atoms with van der Waals surface area (Å²) in [5, 5.41) is 1.96. The molecule has 0 saturated carbocycles. The second kappa shape index (κ2) is 6.36. The fourth-order valence-corrected chi connectivity index (χ4v) is 4.93. The lowest BCUT2D eigenvalue weighted by atomic mass is 9.98. The molecule has 0 spiro atoms. The smallest absolute Gasteiger partial charge is 0.155 e. The minimum atomic E-state index is -3.43. The molecule has 1 heterocycles. The van der Waals surface area contributed by atoms with E-state index >= 15 is 0 Å². The van der Waals surface area contributed by atoms with Gasteiger partial charge in [-0.15, -0.1) is 0 Å². The average Bonchev–Trinajstić information content (AvgIpc) is 2.36. The van der Waals surface area contributed by atoms with Gasteiger partial charge < -0.3 is 5.32 Å². The van der Waals surface area contributed by atoms with Crippen molar-refractivity contribution in [2.24, 2.45) is 0 Å². The highest BCUT2D eigenvalue weighted by Crippen LogP contribution is 2.33. The molecule has 1 aliphatic rings. The van der Waals surface area contributed by atoms with Crippen LogP contribution in [0.1, 0.15) is 37.8 Å². The van der Waals surface area contributed by atoms with E-state index in [1.165, 1.54) is 0 Å². The van der Waals surface area contributed by atoms with Crippen LogP contribution in [-0.4, -0.2) is 26.0 Å². The lowest BCUT2D eigenvalue weighted by Gasteiger charge is -2.31. The van der Waals surface area contributed by atoms with E-state index in [1.54, 1.807) is 6.92 Å². The number of nitrogens with one attached hydrogen (secondary N) is 1. The van der Waals surface area contributed by atoms with Gasteiger partial charge in [0.2, 0.25) is 0 Å². The number of hydrogen-bond donors (Lipinski definition) is 1. The molecule has 2 rings (SSSR count). The topological polar surface area (TPSA) is 46.2 Å². The van der Waals surface area contributed by atoms with Gasteiger partial charge in [0, 0.05) is 17.7 Å². The molecule has 1 aromatic rings. The maximum Gasteiger partial charge on any atom is 0.155 e. The van der Waals surface area contributed by atoms with Crippen molar-refractivity contribution in [2.45, 2.75) is 37.5 Å². The van der Waals surface area contributed by atoms with Crippen LogP contribution in [0, 0.1) is 17.5 Å². The molecule has 0 aromatic heterocycles. The van der Waals surface area contributed by atoms with Crippen molar-refractivity contribution >= 4 is 9.84 Å². The lowest BCUT2D eigenvalue weighted by molar-refractivity contribution is 0.419. The third kappa shape index (κ3) is 3.40. The highest BCUT2D eigenvalue weighted by Gasteiger charge is 2.38. The summed E-state index contributed by atoms with van der Waals surface area (Å²) in [7, 11) is -3.43. The number of rotatable bonds is 4. The number of benzene rings is 1. The van der Waals surface area contributed by atoms with Crippen LogP contribution in [0.15, 0.2) is 12.1 Å². The van der Waals surface area contributed by atoms with E-state index in [-0.39, 0.29) is 5.75 Å². The summed E-state index contributed by atoms with van der Waals surface area (Å²) in [5.41, 5.74) is -0.395. The molecule has 3 nitrogen and oxygen atoms in total. The van der Waals surface area contributed by atoms with Crippen molar-refractivity contribution in [3.63, 3.8) is 0 Å². The summed E-state index contributed by atoms with van der Waals surface area (Å²) in [5.74, 6) is -3.11. The zero-order valence-electron chi connectivity index (χ0n) is 11.7. The van der Waals surface area contributed by atoms with Gasteiger partial charge in [-0.05, 0) is 19.4 Å². The summed E-state index contributed by atoms with van der Waals surface area (Å²) >= 11 is 0. The Kier molecular flexibility index (Phi) is 4.93. The fourth-order valence-electron chi connectivity index (χ4n) is 2.84. The molecule has 1 saturated heterocycles. The molecule has 21 heavy (non-hydrogen) atoms. The van der Waals surface area contributed by atoms with E-state index in [2.05, 4.69) is 5.32 Å². The summed E-state index contributed by atoms with van der Waals surface area (Å²) in [4.78, 5) is 0. The van der Waals surface area contributed by atoms with Gasteiger partial charge >= 0.3 is 0 Å². The Balaban J connectivity index is 2.49. The average molecular weight is 321 g/mol. The van der Waals surface area contributed by atoms with E-state index in [0.717, 1.165) is 0 Å². The molecule has 1 aromatic carbocycles. The Morgan fingerprint density at radius 2 is 1.86 bits per heavy atom. The van der Waals surface area contributed by atoms with E-state index in [4.69, 9.17) is 0 Å². The first-order chi connectivity index (χ1) is 9.86. The summed E-state index contributed by atoms with van der Waals surface area (Å²) < 4.78 is 65.4. The Hall–Kier alpha value is -1.08. The van der Waals surface area contributed by atoms with Gasteiger partial charge in [-0.1, -0.05) is 13.3 Å². The van der Waals surface area contributed by atoms with Crippen LogP contribution in [0.4, 0.5) is 13.2 Å². The summed E-state index contributed by atoms with van der Waals surface area (Å²) in [6.07, 6.45) is 1.60. The van der Waals surface area contributed by atoms with Crippen molar-refractivity contribution < 1.29 is 21.6 Å². The Bertz CT molecular complexity index is 596. The van der Waals surface area contributed by atoms with Gasteiger partial charge in [-0.25, -0.2) is 21.6 Å². The van der Waals surface area contributed by atoms with E-state index in [9.17, 15) is 21.6 Å². The molecule has 0 bridgehead atoms. The lowest BCUT2D eigenvalue weighted by Crippen LogP contribution is -2.41. The molecule has 1 fully saturated rings. The number of hydrogen-bond acceptors (Lipinski definition) is 3. The first-order valence-corrected chi connectivity index (χ1v) is 8.67. The monoisotopic (exact) mass is 321 g/mol. The maximum atomic E-state index is 14.0. The normalized spacial score (nSPS) is 23.0. The first-order valence-electron chi connectivity index (χ1n) is 6.96. The standard InChI is InChI=1S/C14H18F3NO2S/c1-2-18-14(12-5-3-4-6-21(12,19)20)13-10(16)7-9(15)8-11(13)17/h7-8,12,14,18H,2-6H2,1H3. The molecule has 1 N–H and O–H groups in total. The van der Waals surface area contributed by atoms with Crippen LogP contribution < -0.4 is 5.32 Å². The van der Waals surface area contributed by atoms with Crippen molar-refractivity contribution in [1.82, 2.24) is 5.32 Å². The molecule has 0 aliphatic carbocycles. The van der Waals surface area contributed by atoms with Gasteiger partial charge in [-0.2, -0.15) is 0 Å². The zero-order chi connectivity index (χ0) is 15.6. The molecule has 1 aliphatic heterocycles. The fraction of sp³-hybridized carbons (Fsp3) is 0.571. The van der Waals surface area contributed by atoms with Crippen molar-refractivity contribution in [3.05, 3.63) is 35.1 Å². The quantitative estimate of drug-likeness (QED) is 0.927. The van der Waals surface area contributed by atoms with Crippen molar-refractivity contribution in [2.75, 3.05) is 12.3 Å². The predicted octanol–water partition coefficient (Wildman–Crippen LogP) is 2.72. The van der Waals surface area contributed by atoms with Crippen LogP contribution >= 0.6 is 0 Å². The molecule has 118 valence electrons. The third-order valence-electron chi connectivity index (χ3n) is 3.78. The van der Waals surface area contributed by atoms with Gasteiger partial charge in [0.15, 0.2) is 9.84 Å². The van der Waals surface area contributed by atoms with Crippen LogP contribution in [0.5, 0.6) is 0 Å². The minimum Gasteiger partial charge on any atom is -0.309 e. The highest BCUT2D eigenvalue weighted by atomic mass is 32.2. The Morgan fingerprint density at radius 1 is 1.24 bits per heavy atom. The molecule has 0 radical (unpaired) electrons. The summed E-state index contributed by atoms with van der Waals surface area (Å²) in [6, 6.07) is 0.164. The first kappa shape index (κ1) is 16.3. The van der Waals surface area contributed by atoms with Crippen LogP contribution in [0.3, 0.4) is 0 Å². The van der Waals surface area contributed by atoms with Crippen molar-refractivity contribution in [1.29, 1.82) is 0 Å². The van der Waals surface area contributed by atoms with Crippen LogP contribution in [-0.2, 0) is 9.84 Å². The van der Waals surface area contributed by atoms with Gasteiger partial charge in [-0.3, -0.25) is 0 Å².